The molecule has 0 unspecified atom stereocenters. The summed E-state index contributed by atoms with van der Waals surface area (Å²) in [4.78, 5) is 7.03. The highest BCUT2D eigenvalue weighted by molar-refractivity contribution is 7.13. The van der Waals surface area contributed by atoms with E-state index in [2.05, 4.69) is 43.3 Å². The highest BCUT2D eigenvalue weighted by Crippen LogP contribution is 2.21. The maximum Gasteiger partial charge on any atom is 0.185 e. The molecule has 5 heteroatoms. The van der Waals surface area contributed by atoms with Crippen molar-refractivity contribution in [2.24, 2.45) is 5.92 Å². The molecule has 1 aromatic rings. The van der Waals surface area contributed by atoms with Crippen LogP contribution in [0.15, 0.2) is 5.38 Å². The van der Waals surface area contributed by atoms with Crippen molar-refractivity contribution in [2.75, 3.05) is 31.7 Å². The third-order valence-electron chi connectivity index (χ3n) is 2.65. The molecule has 1 aromatic heterocycles. The van der Waals surface area contributed by atoms with Gasteiger partial charge in [-0.2, -0.15) is 0 Å². The molecule has 0 amide bonds. The first-order valence-corrected chi connectivity index (χ1v) is 7.82. The molecule has 1 heterocycles. The predicted octanol–water partition coefficient (Wildman–Crippen LogP) is 2.75. The van der Waals surface area contributed by atoms with Crippen molar-refractivity contribution in [1.29, 1.82) is 0 Å². The molecule has 0 spiro atoms. The monoisotopic (exact) mass is 285 g/mol. The third-order valence-corrected chi connectivity index (χ3v) is 3.60. The van der Waals surface area contributed by atoms with Gasteiger partial charge >= 0.3 is 0 Å². The number of aromatic nitrogens is 1. The van der Waals surface area contributed by atoms with Gasteiger partial charge in [-0.3, -0.25) is 0 Å². The molecule has 0 aliphatic carbocycles. The van der Waals surface area contributed by atoms with Crippen LogP contribution in [0.2, 0.25) is 0 Å². The first-order chi connectivity index (χ1) is 9.02. The van der Waals surface area contributed by atoms with Crippen molar-refractivity contribution in [1.82, 2.24) is 10.3 Å². The Hall–Kier alpha value is -0.650. The summed E-state index contributed by atoms with van der Waals surface area (Å²) in [6.45, 7) is 12.3. The van der Waals surface area contributed by atoms with Gasteiger partial charge in [-0.25, -0.2) is 4.98 Å². The SMILES string of the molecule is COCCN(CC(C)C)c1nc(CNC(C)C)cs1. The Kier molecular flexibility index (Phi) is 7.34. The third kappa shape index (κ3) is 6.36. The number of rotatable bonds is 9. The molecule has 4 nitrogen and oxygen atoms in total. The topological polar surface area (TPSA) is 37.4 Å². The van der Waals surface area contributed by atoms with Crippen LogP contribution in [0, 0.1) is 5.92 Å². The minimum atomic E-state index is 0.491. The van der Waals surface area contributed by atoms with Crippen molar-refractivity contribution in [2.45, 2.75) is 40.3 Å². The van der Waals surface area contributed by atoms with E-state index >= 15 is 0 Å². The molecule has 0 aromatic carbocycles. The second kappa shape index (κ2) is 8.51. The summed E-state index contributed by atoms with van der Waals surface area (Å²) in [5, 5.41) is 6.65. The van der Waals surface area contributed by atoms with Gasteiger partial charge in [0.25, 0.3) is 0 Å². The van der Waals surface area contributed by atoms with Crippen LogP contribution in [0.3, 0.4) is 0 Å². The molecular formula is C14H27N3OS. The minimum absolute atomic E-state index is 0.491. The lowest BCUT2D eigenvalue weighted by atomic mass is 10.2. The van der Waals surface area contributed by atoms with Crippen LogP contribution in [0.5, 0.6) is 0 Å². The zero-order valence-electron chi connectivity index (χ0n) is 12.8. The Labute approximate surface area is 121 Å². The normalized spacial score (nSPS) is 11.5. The Balaban J connectivity index is 2.62. The van der Waals surface area contributed by atoms with E-state index in [1.165, 1.54) is 0 Å². The molecule has 0 saturated heterocycles. The summed E-state index contributed by atoms with van der Waals surface area (Å²) in [7, 11) is 1.74. The molecule has 0 radical (unpaired) electrons. The van der Waals surface area contributed by atoms with Gasteiger partial charge in [0, 0.05) is 38.2 Å². The molecule has 0 atom stereocenters. The van der Waals surface area contributed by atoms with Gasteiger partial charge in [-0.15, -0.1) is 11.3 Å². The summed E-state index contributed by atoms with van der Waals surface area (Å²) in [6.07, 6.45) is 0. The molecule has 0 aliphatic heterocycles. The van der Waals surface area contributed by atoms with Crippen LogP contribution in [0.25, 0.3) is 0 Å². The lowest BCUT2D eigenvalue weighted by molar-refractivity contribution is 0.204. The number of nitrogens with one attached hydrogen (secondary N) is 1. The predicted molar refractivity (Wildman–Crippen MR) is 83.0 cm³/mol. The Morgan fingerprint density at radius 1 is 1.37 bits per heavy atom. The van der Waals surface area contributed by atoms with Crippen LogP contribution >= 0.6 is 11.3 Å². The molecule has 19 heavy (non-hydrogen) atoms. The van der Waals surface area contributed by atoms with Gasteiger partial charge in [0.2, 0.25) is 0 Å². The van der Waals surface area contributed by atoms with Crippen molar-refractivity contribution in [3.05, 3.63) is 11.1 Å². The number of methoxy groups -OCH3 is 1. The van der Waals surface area contributed by atoms with Crippen LogP contribution in [-0.4, -0.2) is 37.8 Å². The van der Waals surface area contributed by atoms with E-state index in [0.29, 0.717) is 12.0 Å². The first-order valence-electron chi connectivity index (χ1n) is 6.94. The number of hydrogen-bond acceptors (Lipinski definition) is 5. The van der Waals surface area contributed by atoms with Crippen LogP contribution in [-0.2, 0) is 11.3 Å². The number of anilines is 1. The van der Waals surface area contributed by atoms with Gasteiger partial charge in [0.1, 0.15) is 0 Å². The minimum Gasteiger partial charge on any atom is -0.383 e. The van der Waals surface area contributed by atoms with Crippen LogP contribution < -0.4 is 10.2 Å². The van der Waals surface area contributed by atoms with E-state index in [4.69, 9.17) is 9.72 Å². The quantitative estimate of drug-likeness (QED) is 0.757. The first kappa shape index (κ1) is 16.4. The molecule has 1 N–H and O–H groups in total. The second-order valence-corrected chi connectivity index (χ2v) is 6.33. The summed E-state index contributed by atoms with van der Waals surface area (Å²) >= 11 is 1.72. The Morgan fingerprint density at radius 2 is 2.11 bits per heavy atom. The number of hydrogen-bond donors (Lipinski definition) is 1. The van der Waals surface area contributed by atoms with Crippen LogP contribution in [0.4, 0.5) is 5.13 Å². The number of ether oxygens (including phenoxy) is 1. The van der Waals surface area contributed by atoms with Crippen molar-refractivity contribution in [3.63, 3.8) is 0 Å². The van der Waals surface area contributed by atoms with Gasteiger partial charge in [-0.05, 0) is 5.92 Å². The van der Waals surface area contributed by atoms with E-state index < -0.39 is 0 Å². The van der Waals surface area contributed by atoms with Crippen molar-refractivity contribution >= 4 is 16.5 Å². The van der Waals surface area contributed by atoms with Gasteiger partial charge in [0.05, 0.1) is 12.3 Å². The molecule has 0 bridgehead atoms. The molecule has 110 valence electrons. The van der Waals surface area contributed by atoms with Gasteiger partial charge in [0.15, 0.2) is 5.13 Å². The largest absolute Gasteiger partial charge is 0.383 e. The summed E-state index contributed by atoms with van der Waals surface area (Å²) in [5.74, 6) is 0.623. The van der Waals surface area contributed by atoms with Gasteiger partial charge in [-0.1, -0.05) is 27.7 Å². The zero-order chi connectivity index (χ0) is 14.3. The fraction of sp³-hybridized carbons (Fsp3) is 0.786. The van der Waals surface area contributed by atoms with Gasteiger partial charge < -0.3 is 15.0 Å². The molecular weight excluding hydrogens is 258 g/mol. The number of nitrogens with zero attached hydrogens (tertiary/aromatic N) is 2. The van der Waals surface area contributed by atoms with E-state index in [0.717, 1.165) is 37.1 Å². The fourth-order valence-corrected chi connectivity index (χ4v) is 2.60. The van der Waals surface area contributed by atoms with E-state index in [1.807, 2.05) is 0 Å². The Bertz CT molecular complexity index is 352. The average Bonchev–Trinajstić information content (AvgIpc) is 2.80. The highest BCUT2D eigenvalue weighted by Gasteiger charge is 2.12. The summed E-state index contributed by atoms with van der Waals surface area (Å²) < 4.78 is 5.18. The summed E-state index contributed by atoms with van der Waals surface area (Å²) in [5.41, 5.74) is 1.12. The van der Waals surface area contributed by atoms with E-state index in [9.17, 15) is 0 Å². The van der Waals surface area contributed by atoms with E-state index in [-0.39, 0.29) is 0 Å². The molecule has 1 rings (SSSR count). The maximum absolute atomic E-state index is 5.18. The maximum atomic E-state index is 5.18. The fourth-order valence-electron chi connectivity index (χ4n) is 1.74. The zero-order valence-corrected chi connectivity index (χ0v) is 13.6. The smallest absolute Gasteiger partial charge is 0.185 e. The molecule has 0 saturated carbocycles. The second-order valence-electron chi connectivity index (χ2n) is 5.49. The van der Waals surface area contributed by atoms with Crippen molar-refractivity contribution in [3.8, 4) is 0 Å². The lowest BCUT2D eigenvalue weighted by Gasteiger charge is -2.23. The number of thiazole rings is 1. The average molecular weight is 285 g/mol. The Morgan fingerprint density at radius 3 is 2.68 bits per heavy atom. The lowest BCUT2D eigenvalue weighted by Crippen LogP contribution is -2.31. The summed E-state index contributed by atoms with van der Waals surface area (Å²) in [6, 6.07) is 0.491. The molecule has 0 fully saturated rings. The standard InChI is InChI=1S/C14H27N3OS/c1-11(2)9-17(6-7-18-5)14-16-13(10-19-14)8-15-12(3)4/h10-12,15H,6-9H2,1-5H3. The van der Waals surface area contributed by atoms with Crippen LogP contribution in [0.1, 0.15) is 33.4 Å². The highest BCUT2D eigenvalue weighted by atomic mass is 32.1. The molecule has 0 aliphatic rings. The van der Waals surface area contributed by atoms with Crippen molar-refractivity contribution < 1.29 is 4.74 Å². The van der Waals surface area contributed by atoms with E-state index in [1.54, 1.807) is 18.4 Å².